The van der Waals surface area contributed by atoms with Crippen LogP contribution in [-0.4, -0.2) is 16.1 Å². The first-order valence-corrected chi connectivity index (χ1v) is 4.40. The molecule has 0 aromatic carbocycles. The van der Waals surface area contributed by atoms with Crippen LogP contribution in [-0.2, 0) is 4.79 Å². The van der Waals surface area contributed by atoms with Crippen LogP contribution in [0.3, 0.4) is 0 Å². The monoisotopic (exact) mass is 252 g/mol. The molecule has 1 aromatic rings. The summed E-state index contributed by atoms with van der Waals surface area (Å²) in [5, 5.41) is 17.1. The third-order valence-electron chi connectivity index (χ3n) is 1.38. The molecule has 1 heterocycles. The van der Waals surface area contributed by atoms with Crippen LogP contribution >= 0.6 is 15.9 Å². The summed E-state index contributed by atoms with van der Waals surface area (Å²) >= 11 is 3.14. The lowest BCUT2D eigenvalue weighted by Gasteiger charge is -1.94. The number of nitriles is 1. The van der Waals surface area contributed by atoms with E-state index in [0.717, 1.165) is 0 Å². The molecule has 70 valence electrons. The molecule has 14 heavy (non-hydrogen) atoms. The lowest BCUT2D eigenvalue weighted by molar-refractivity contribution is -0.132. The number of pyridine rings is 1. The van der Waals surface area contributed by atoms with Crippen LogP contribution in [0.4, 0.5) is 0 Å². The highest BCUT2D eigenvalue weighted by atomic mass is 79.9. The molecule has 1 N–H and O–H groups in total. The van der Waals surface area contributed by atoms with Gasteiger partial charge in [-0.05, 0) is 34.1 Å². The number of carboxylic acid groups (broad SMARTS) is 1. The van der Waals surface area contributed by atoms with Crippen LogP contribution < -0.4 is 0 Å². The molecule has 0 saturated heterocycles. The third-order valence-corrected chi connectivity index (χ3v) is 1.82. The Hall–Kier alpha value is -1.67. The summed E-state index contributed by atoms with van der Waals surface area (Å²) in [6, 6.07) is 6.61. The van der Waals surface area contributed by atoms with Gasteiger partial charge in [-0.3, -0.25) is 0 Å². The maximum absolute atomic E-state index is 10.5. The number of carboxylic acids is 1. The number of nitrogens with zero attached hydrogens (tertiary/aromatic N) is 2. The van der Waals surface area contributed by atoms with Crippen molar-refractivity contribution in [3.8, 4) is 6.07 Å². The summed E-state index contributed by atoms with van der Waals surface area (Å²) in [6.07, 6.45) is 1.22. The minimum atomic E-state index is -1.26. The molecular formula is C9H5BrN2O2. The van der Waals surface area contributed by atoms with Gasteiger partial charge >= 0.3 is 5.97 Å². The first-order valence-electron chi connectivity index (χ1n) is 3.61. The fourth-order valence-corrected chi connectivity index (χ4v) is 1.15. The average molecular weight is 253 g/mol. The number of carbonyl (C=O) groups is 1. The Bertz CT molecular complexity index is 435. The largest absolute Gasteiger partial charge is 0.477 e. The Morgan fingerprint density at radius 1 is 1.64 bits per heavy atom. The number of halogens is 1. The zero-order chi connectivity index (χ0) is 10.6. The molecular weight excluding hydrogens is 248 g/mol. The second-order valence-electron chi connectivity index (χ2n) is 2.36. The molecule has 1 aromatic heterocycles. The van der Waals surface area contributed by atoms with E-state index in [1.807, 2.05) is 0 Å². The van der Waals surface area contributed by atoms with Crippen LogP contribution in [0.15, 0.2) is 28.4 Å². The molecule has 1 rings (SSSR count). The topological polar surface area (TPSA) is 74.0 Å². The molecule has 0 aliphatic heterocycles. The molecule has 0 fully saturated rings. The molecule has 0 bridgehead atoms. The lowest BCUT2D eigenvalue weighted by Crippen LogP contribution is -1.97. The van der Waals surface area contributed by atoms with Crippen LogP contribution in [0.1, 0.15) is 5.69 Å². The molecule has 0 aliphatic carbocycles. The number of hydrogen-bond donors (Lipinski definition) is 1. The van der Waals surface area contributed by atoms with Crippen molar-refractivity contribution in [3.63, 3.8) is 0 Å². The van der Waals surface area contributed by atoms with Crippen molar-refractivity contribution in [2.24, 2.45) is 0 Å². The van der Waals surface area contributed by atoms with Crippen LogP contribution in [0.25, 0.3) is 6.08 Å². The fraction of sp³-hybridized carbons (Fsp3) is 0. The van der Waals surface area contributed by atoms with E-state index in [4.69, 9.17) is 10.4 Å². The van der Waals surface area contributed by atoms with E-state index in [9.17, 15) is 4.79 Å². The van der Waals surface area contributed by atoms with Gasteiger partial charge in [-0.15, -0.1) is 0 Å². The Kier molecular flexibility index (Phi) is 3.37. The predicted octanol–water partition coefficient (Wildman–Crippen LogP) is 1.84. The maximum Gasteiger partial charge on any atom is 0.346 e. The molecule has 0 unspecified atom stereocenters. The van der Waals surface area contributed by atoms with E-state index in [2.05, 4.69) is 20.9 Å². The molecule has 5 heteroatoms. The maximum atomic E-state index is 10.5. The summed E-state index contributed by atoms with van der Waals surface area (Å²) in [4.78, 5) is 14.5. The van der Waals surface area contributed by atoms with Gasteiger partial charge in [-0.1, -0.05) is 6.07 Å². The third kappa shape index (κ3) is 2.68. The number of rotatable bonds is 2. The van der Waals surface area contributed by atoms with Crippen molar-refractivity contribution < 1.29 is 9.90 Å². The quantitative estimate of drug-likeness (QED) is 0.495. The minimum Gasteiger partial charge on any atom is -0.477 e. The number of hydrogen-bond acceptors (Lipinski definition) is 3. The van der Waals surface area contributed by atoms with Gasteiger partial charge in [0.2, 0.25) is 0 Å². The highest BCUT2D eigenvalue weighted by Gasteiger charge is 2.05. The Morgan fingerprint density at radius 3 is 2.86 bits per heavy atom. The van der Waals surface area contributed by atoms with Gasteiger partial charge in [0.1, 0.15) is 16.2 Å². The molecule has 0 atom stereocenters. The zero-order valence-corrected chi connectivity index (χ0v) is 8.52. The molecule has 0 amide bonds. The van der Waals surface area contributed by atoms with E-state index in [-0.39, 0.29) is 5.57 Å². The van der Waals surface area contributed by atoms with Crippen molar-refractivity contribution in [1.29, 1.82) is 5.26 Å². The Labute approximate surface area is 88.6 Å². The number of aliphatic carboxylic acids is 1. The first kappa shape index (κ1) is 10.4. The van der Waals surface area contributed by atoms with Gasteiger partial charge in [0, 0.05) is 0 Å². The molecule has 0 radical (unpaired) electrons. The Morgan fingerprint density at radius 2 is 2.36 bits per heavy atom. The predicted molar refractivity (Wildman–Crippen MR) is 53.2 cm³/mol. The van der Waals surface area contributed by atoms with E-state index < -0.39 is 5.97 Å². The van der Waals surface area contributed by atoms with Crippen molar-refractivity contribution in [1.82, 2.24) is 4.98 Å². The molecule has 0 aliphatic rings. The van der Waals surface area contributed by atoms with E-state index >= 15 is 0 Å². The summed E-state index contributed by atoms with van der Waals surface area (Å²) in [5.74, 6) is -1.26. The van der Waals surface area contributed by atoms with Gasteiger partial charge in [0.05, 0.1) is 5.69 Å². The van der Waals surface area contributed by atoms with Crippen molar-refractivity contribution in [2.75, 3.05) is 0 Å². The van der Waals surface area contributed by atoms with Crippen LogP contribution in [0, 0.1) is 11.3 Å². The van der Waals surface area contributed by atoms with Crippen molar-refractivity contribution in [3.05, 3.63) is 34.1 Å². The lowest BCUT2D eigenvalue weighted by atomic mass is 10.2. The van der Waals surface area contributed by atoms with Gasteiger partial charge in [0.15, 0.2) is 0 Å². The van der Waals surface area contributed by atoms with Gasteiger partial charge < -0.3 is 5.11 Å². The van der Waals surface area contributed by atoms with E-state index in [1.165, 1.54) is 6.08 Å². The number of aromatic nitrogens is 1. The highest BCUT2D eigenvalue weighted by Crippen LogP contribution is 2.09. The summed E-state index contributed by atoms with van der Waals surface area (Å²) in [7, 11) is 0. The van der Waals surface area contributed by atoms with E-state index in [1.54, 1.807) is 24.3 Å². The van der Waals surface area contributed by atoms with Gasteiger partial charge in [0.25, 0.3) is 0 Å². The SMILES string of the molecule is N#CC(=Cc1cccc(Br)n1)C(=O)O. The van der Waals surface area contributed by atoms with Gasteiger partial charge in [-0.25, -0.2) is 9.78 Å². The fourth-order valence-electron chi connectivity index (χ4n) is 0.794. The van der Waals surface area contributed by atoms with Crippen molar-refractivity contribution >= 4 is 28.0 Å². The highest BCUT2D eigenvalue weighted by molar-refractivity contribution is 9.10. The van der Waals surface area contributed by atoms with Gasteiger partial charge in [-0.2, -0.15) is 5.26 Å². The second kappa shape index (κ2) is 4.53. The standard InChI is InChI=1S/C9H5BrN2O2/c10-8-3-1-2-7(12-8)4-6(5-11)9(13)14/h1-4H,(H,13,14). The zero-order valence-electron chi connectivity index (χ0n) is 6.94. The summed E-state index contributed by atoms with van der Waals surface area (Å²) in [5.41, 5.74) is 0.0916. The molecule has 0 saturated carbocycles. The first-order chi connectivity index (χ1) is 6.63. The smallest absolute Gasteiger partial charge is 0.346 e. The van der Waals surface area contributed by atoms with E-state index in [0.29, 0.717) is 10.3 Å². The van der Waals surface area contributed by atoms with Crippen LogP contribution in [0.2, 0.25) is 0 Å². The normalized spacial score (nSPS) is 10.7. The second-order valence-corrected chi connectivity index (χ2v) is 3.17. The van der Waals surface area contributed by atoms with Crippen LogP contribution in [0.5, 0.6) is 0 Å². The van der Waals surface area contributed by atoms with Crippen molar-refractivity contribution in [2.45, 2.75) is 0 Å². The molecule has 4 nitrogen and oxygen atoms in total. The minimum absolute atomic E-state index is 0.337. The summed E-state index contributed by atoms with van der Waals surface area (Å²) in [6.45, 7) is 0. The average Bonchev–Trinajstić information content (AvgIpc) is 2.14. The summed E-state index contributed by atoms with van der Waals surface area (Å²) < 4.78 is 0.592. The molecule has 0 spiro atoms. The Balaban J connectivity index is 3.08.